The first-order valence-electron chi connectivity index (χ1n) is 9.29. The van der Waals surface area contributed by atoms with Gasteiger partial charge in [0, 0.05) is 36.0 Å². The van der Waals surface area contributed by atoms with Gasteiger partial charge < -0.3 is 10.6 Å². The van der Waals surface area contributed by atoms with Crippen molar-refractivity contribution in [2.75, 3.05) is 5.75 Å². The van der Waals surface area contributed by atoms with Crippen molar-refractivity contribution in [3.63, 3.8) is 0 Å². The van der Waals surface area contributed by atoms with E-state index in [-0.39, 0.29) is 35.2 Å². The Hall–Kier alpha value is -1.86. The monoisotopic (exact) mass is 372 g/mol. The summed E-state index contributed by atoms with van der Waals surface area (Å²) in [7, 11) is 0. The molecule has 1 saturated heterocycles. The average Bonchev–Trinajstić information content (AvgIpc) is 2.65. The number of nitrogens with one attached hydrogen (secondary N) is 3. The van der Waals surface area contributed by atoms with E-state index in [4.69, 9.17) is 0 Å². The highest BCUT2D eigenvalue weighted by Gasteiger charge is 2.49. The molecule has 2 aliphatic heterocycles. The largest absolute Gasteiger partial charge is 0.372 e. The summed E-state index contributed by atoms with van der Waals surface area (Å²) in [5.41, 5.74) is 2.61. The molecule has 3 heterocycles. The summed E-state index contributed by atoms with van der Waals surface area (Å²) in [6, 6.07) is 3.84. The number of pyridine rings is 1. The molecular formula is C19H24N4O2S. The van der Waals surface area contributed by atoms with Gasteiger partial charge in [0.1, 0.15) is 5.50 Å². The van der Waals surface area contributed by atoms with E-state index >= 15 is 0 Å². The molecule has 4 rings (SSSR count). The molecule has 138 valence electrons. The summed E-state index contributed by atoms with van der Waals surface area (Å²) in [4.78, 5) is 30.0. The fourth-order valence-corrected chi connectivity index (χ4v) is 5.08. The van der Waals surface area contributed by atoms with Crippen molar-refractivity contribution in [3.05, 3.63) is 41.4 Å². The molecule has 26 heavy (non-hydrogen) atoms. The quantitative estimate of drug-likeness (QED) is 0.748. The third kappa shape index (κ3) is 3.14. The number of Topliss-reactive ketones (excluding diaryl/α,β-unsaturated/α-hetero) is 1. The lowest BCUT2D eigenvalue weighted by atomic mass is 9.71. The molecule has 0 aromatic carbocycles. The van der Waals surface area contributed by atoms with E-state index in [0.29, 0.717) is 6.42 Å². The second-order valence-corrected chi connectivity index (χ2v) is 8.22. The van der Waals surface area contributed by atoms with Crippen LogP contribution in [0.25, 0.3) is 0 Å². The number of fused-ring (bicyclic) bond motifs is 1. The van der Waals surface area contributed by atoms with E-state index in [1.807, 2.05) is 12.1 Å². The summed E-state index contributed by atoms with van der Waals surface area (Å²) >= 11 is 1.71. The summed E-state index contributed by atoms with van der Waals surface area (Å²) in [6.07, 6.45) is 6.66. The zero-order valence-electron chi connectivity index (χ0n) is 14.8. The Kier molecular flexibility index (Phi) is 5.00. The van der Waals surface area contributed by atoms with Crippen molar-refractivity contribution in [2.24, 2.45) is 5.92 Å². The molecule has 1 aromatic heterocycles. The molecule has 3 aliphatic rings. The van der Waals surface area contributed by atoms with Crippen molar-refractivity contribution in [1.82, 2.24) is 20.9 Å². The van der Waals surface area contributed by atoms with E-state index < -0.39 is 0 Å². The second kappa shape index (κ2) is 7.40. The Balaban J connectivity index is 1.72. The van der Waals surface area contributed by atoms with Gasteiger partial charge in [-0.25, -0.2) is 0 Å². The van der Waals surface area contributed by atoms with Crippen molar-refractivity contribution in [1.29, 1.82) is 0 Å². The summed E-state index contributed by atoms with van der Waals surface area (Å²) in [5.74, 6) is 0.518. The first kappa shape index (κ1) is 17.5. The topological polar surface area (TPSA) is 83.1 Å². The van der Waals surface area contributed by atoms with Crippen LogP contribution in [0, 0.1) is 5.92 Å². The Bertz CT molecular complexity index is 736. The van der Waals surface area contributed by atoms with Crippen LogP contribution in [0.15, 0.2) is 35.8 Å². The normalized spacial score (nSPS) is 31.0. The van der Waals surface area contributed by atoms with Gasteiger partial charge in [-0.1, -0.05) is 13.0 Å². The molecule has 4 unspecified atom stereocenters. The predicted molar refractivity (Wildman–Crippen MR) is 101 cm³/mol. The van der Waals surface area contributed by atoms with Gasteiger partial charge in [-0.05, 0) is 36.6 Å². The third-order valence-electron chi connectivity index (χ3n) is 5.25. The molecule has 1 aliphatic carbocycles. The number of carbonyl (C=O) groups is 2. The average molecular weight is 372 g/mol. The van der Waals surface area contributed by atoms with Crippen LogP contribution in [0.4, 0.5) is 0 Å². The number of allylic oxidation sites excluding steroid dienone is 2. The second-order valence-electron chi connectivity index (χ2n) is 7.01. The van der Waals surface area contributed by atoms with Crippen LogP contribution in [-0.4, -0.2) is 34.1 Å². The van der Waals surface area contributed by atoms with Gasteiger partial charge in [-0.3, -0.25) is 19.9 Å². The summed E-state index contributed by atoms with van der Waals surface area (Å²) in [5, 5.41) is 10.1. The standard InChI is InChI=1S/C19H24N4O2S/c1-2-9-26-19-22-17-16(18(25)23-19)14(11-5-4-8-20-10-11)15-12(21-17)6-3-7-13(15)24/h4-5,8,10,14,16-17,19,21-22H,2-3,6-7,9H2,1H3,(H,23,25). The Morgan fingerprint density at radius 1 is 1.27 bits per heavy atom. The van der Waals surface area contributed by atoms with Crippen LogP contribution < -0.4 is 16.0 Å². The van der Waals surface area contributed by atoms with Crippen LogP contribution in [0.3, 0.4) is 0 Å². The highest BCUT2D eigenvalue weighted by Crippen LogP contribution is 2.43. The smallest absolute Gasteiger partial charge is 0.229 e. The Labute approximate surface area is 157 Å². The number of thioether (sulfide) groups is 1. The van der Waals surface area contributed by atoms with Gasteiger partial charge >= 0.3 is 0 Å². The zero-order chi connectivity index (χ0) is 18.1. The van der Waals surface area contributed by atoms with E-state index in [1.54, 1.807) is 24.2 Å². The molecule has 3 N–H and O–H groups in total. The van der Waals surface area contributed by atoms with E-state index in [1.165, 1.54) is 0 Å². The molecule has 0 radical (unpaired) electrons. The summed E-state index contributed by atoms with van der Waals surface area (Å²) in [6.45, 7) is 2.13. The highest BCUT2D eigenvalue weighted by molar-refractivity contribution is 7.99. The molecule has 1 fully saturated rings. The van der Waals surface area contributed by atoms with Gasteiger partial charge in [-0.15, -0.1) is 11.8 Å². The Morgan fingerprint density at radius 2 is 2.15 bits per heavy atom. The highest BCUT2D eigenvalue weighted by atomic mass is 32.2. The minimum atomic E-state index is -0.363. The maximum absolute atomic E-state index is 13.0. The zero-order valence-corrected chi connectivity index (χ0v) is 15.6. The molecule has 7 heteroatoms. The molecule has 4 atom stereocenters. The molecule has 1 aromatic rings. The van der Waals surface area contributed by atoms with E-state index in [9.17, 15) is 9.59 Å². The fourth-order valence-electron chi connectivity index (χ4n) is 4.16. The molecule has 1 amide bonds. The van der Waals surface area contributed by atoms with Crippen LogP contribution in [0.2, 0.25) is 0 Å². The number of aromatic nitrogens is 1. The van der Waals surface area contributed by atoms with Crippen molar-refractivity contribution in [2.45, 2.75) is 50.2 Å². The minimum absolute atomic E-state index is 0.00590. The number of hydrogen-bond donors (Lipinski definition) is 3. The number of rotatable bonds is 4. The van der Waals surface area contributed by atoms with Gasteiger partial charge in [0.15, 0.2) is 5.78 Å². The van der Waals surface area contributed by atoms with Crippen LogP contribution in [0.5, 0.6) is 0 Å². The van der Waals surface area contributed by atoms with Gasteiger partial charge in [-0.2, -0.15) is 0 Å². The molecule has 0 bridgehead atoms. The number of nitrogens with zero attached hydrogens (tertiary/aromatic N) is 1. The van der Waals surface area contributed by atoms with E-state index in [2.05, 4.69) is 27.9 Å². The van der Waals surface area contributed by atoms with Gasteiger partial charge in [0.05, 0.1) is 12.1 Å². The lowest BCUT2D eigenvalue weighted by Crippen LogP contribution is -2.67. The number of amides is 1. The van der Waals surface area contributed by atoms with Crippen molar-refractivity contribution >= 4 is 23.5 Å². The fraction of sp³-hybridized carbons (Fsp3) is 0.526. The SMILES string of the molecule is CCCSC1NC(=O)C2C(NC3=C(C(=O)CCC3)C2c2cccnc2)N1. The lowest BCUT2D eigenvalue weighted by molar-refractivity contribution is -0.130. The first-order valence-corrected chi connectivity index (χ1v) is 10.3. The molecular weight excluding hydrogens is 348 g/mol. The summed E-state index contributed by atoms with van der Waals surface area (Å²) < 4.78 is 0. The predicted octanol–water partition coefficient (Wildman–Crippen LogP) is 1.86. The maximum atomic E-state index is 13.0. The molecule has 0 spiro atoms. The number of carbonyl (C=O) groups excluding carboxylic acids is 2. The van der Waals surface area contributed by atoms with E-state index in [0.717, 1.165) is 41.8 Å². The Morgan fingerprint density at radius 3 is 2.92 bits per heavy atom. The van der Waals surface area contributed by atoms with Crippen LogP contribution in [0.1, 0.15) is 44.1 Å². The van der Waals surface area contributed by atoms with Crippen molar-refractivity contribution in [3.8, 4) is 0 Å². The number of ketones is 1. The minimum Gasteiger partial charge on any atom is -0.372 e. The van der Waals surface area contributed by atoms with Gasteiger partial charge in [0.2, 0.25) is 5.91 Å². The van der Waals surface area contributed by atoms with Crippen LogP contribution >= 0.6 is 11.8 Å². The lowest BCUT2D eigenvalue weighted by Gasteiger charge is -2.47. The third-order valence-corrected chi connectivity index (χ3v) is 6.49. The maximum Gasteiger partial charge on any atom is 0.229 e. The molecule has 0 saturated carbocycles. The van der Waals surface area contributed by atoms with Crippen LogP contribution in [-0.2, 0) is 9.59 Å². The van der Waals surface area contributed by atoms with Crippen molar-refractivity contribution < 1.29 is 9.59 Å². The first-order chi connectivity index (χ1) is 12.7. The number of hydrogen-bond acceptors (Lipinski definition) is 6. The van der Waals surface area contributed by atoms with Gasteiger partial charge in [0.25, 0.3) is 0 Å². The molecule has 6 nitrogen and oxygen atoms in total.